The molecular weight excluding hydrogens is 346 g/mol. The van der Waals surface area contributed by atoms with Crippen LogP contribution in [0.1, 0.15) is 39.5 Å². The first-order valence-corrected chi connectivity index (χ1v) is 11.6. The second-order valence-corrected chi connectivity index (χ2v) is 9.95. The van der Waals surface area contributed by atoms with Crippen molar-refractivity contribution in [1.82, 2.24) is 14.7 Å². The zero-order valence-electron chi connectivity index (χ0n) is 16.7. The first kappa shape index (κ1) is 20.4. The number of hydrogen-bond donors (Lipinski definition) is 0. The third-order valence-electron chi connectivity index (χ3n) is 6.06. The fourth-order valence-corrected chi connectivity index (χ4v) is 5.34. The van der Waals surface area contributed by atoms with Crippen LogP contribution in [-0.4, -0.2) is 96.7 Å². The number of nitrogens with zero attached hydrogens (tertiary/aromatic N) is 3. The number of thioether (sulfide) groups is 1. The smallest absolute Gasteiger partial charge is 0.227 e. The maximum atomic E-state index is 12.8. The highest BCUT2D eigenvalue weighted by Crippen LogP contribution is 2.25. The van der Waals surface area contributed by atoms with E-state index in [2.05, 4.69) is 35.4 Å². The third kappa shape index (κ3) is 5.85. The lowest BCUT2D eigenvalue weighted by Crippen LogP contribution is -2.52. The molecule has 0 aromatic carbocycles. The maximum absolute atomic E-state index is 12.8. The summed E-state index contributed by atoms with van der Waals surface area (Å²) in [6.07, 6.45) is 4.78. The Morgan fingerprint density at radius 1 is 1.08 bits per heavy atom. The van der Waals surface area contributed by atoms with Crippen molar-refractivity contribution in [3.63, 3.8) is 0 Å². The van der Waals surface area contributed by atoms with E-state index >= 15 is 0 Å². The summed E-state index contributed by atoms with van der Waals surface area (Å²) in [7, 11) is 0. The molecule has 0 radical (unpaired) electrons. The number of ether oxygens (including phenoxy) is 1. The van der Waals surface area contributed by atoms with Crippen LogP contribution in [0.25, 0.3) is 0 Å². The van der Waals surface area contributed by atoms with Crippen molar-refractivity contribution >= 4 is 17.7 Å². The monoisotopic (exact) mass is 383 g/mol. The Hall–Kier alpha value is -0.300. The van der Waals surface area contributed by atoms with E-state index < -0.39 is 0 Å². The molecule has 3 heterocycles. The van der Waals surface area contributed by atoms with Gasteiger partial charge in [0, 0.05) is 38.0 Å². The van der Waals surface area contributed by atoms with Crippen LogP contribution in [0, 0.1) is 5.92 Å². The average Bonchev–Trinajstić information content (AvgIpc) is 2.68. The maximum Gasteiger partial charge on any atom is 0.227 e. The van der Waals surface area contributed by atoms with Gasteiger partial charge in [-0.05, 0) is 50.6 Å². The highest BCUT2D eigenvalue weighted by Gasteiger charge is 2.33. The van der Waals surface area contributed by atoms with Crippen molar-refractivity contribution in [3.8, 4) is 0 Å². The predicted octanol–water partition coefficient (Wildman–Crippen LogP) is 2.16. The molecular formula is C20H37N3O2S. The Kier molecular flexibility index (Phi) is 8.10. The molecule has 1 unspecified atom stereocenters. The van der Waals surface area contributed by atoms with Gasteiger partial charge in [-0.15, -0.1) is 0 Å². The minimum absolute atomic E-state index is 0.210. The van der Waals surface area contributed by atoms with E-state index in [1.54, 1.807) is 0 Å². The van der Waals surface area contributed by atoms with Crippen LogP contribution in [0.2, 0.25) is 0 Å². The van der Waals surface area contributed by atoms with Gasteiger partial charge in [-0.25, -0.2) is 0 Å². The number of morpholine rings is 1. The zero-order valence-corrected chi connectivity index (χ0v) is 17.5. The summed E-state index contributed by atoms with van der Waals surface area (Å²) >= 11 is 2.07. The standard InChI is InChI=1S/C20H37N3O2S/c1-17(2)26-15-12-21-8-5-19(6-9-21)23-7-3-4-18(16-23)20(24)22-10-13-25-14-11-22/h17-19H,3-16H2,1-2H3. The number of carbonyl (C=O) groups excluding carboxylic acids is 1. The summed E-state index contributed by atoms with van der Waals surface area (Å²) in [5.41, 5.74) is 0. The van der Waals surface area contributed by atoms with E-state index in [9.17, 15) is 4.79 Å². The van der Waals surface area contributed by atoms with Gasteiger partial charge in [-0.2, -0.15) is 11.8 Å². The highest BCUT2D eigenvalue weighted by molar-refractivity contribution is 7.99. The molecule has 26 heavy (non-hydrogen) atoms. The Morgan fingerprint density at radius 2 is 1.81 bits per heavy atom. The molecule has 1 amide bonds. The normalized spacial score (nSPS) is 27.2. The van der Waals surface area contributed by atoms with Crippen LogP contribution in [0.15, 0.2) is 0 Å². The molecule has 0 aliphatic carbocycles. The summed E-state index contributed by atoms with van der Waals surface area (Å²) in [6.45, 7) is 13.4. The van der Waals surface area contributed by atoms with Gasteiger partial charge in [-0.3, -0.25) is 9.69 Å². The van der Waals surface area contributed by atoms with Gasteiger partial charge in [0.15, 0.2) is 0 Å². The summed E-state index contributed by atoms with van der Waals surface area (Å²) < 4.78 is 5.39. The van der Waals surface area contributed by atoms with Crippen molar-refractivity contribution in [1.29, 1.82) is 0 Å². The van der Waals surface area contributed by atoms with E-state index in [0.29, 0.717) is 25.2 Å². The lowest BCUT2D eigenvalue weighted by atomic mass is 9.92. The van der Waals surface area contributed by atoms with Crippen LogP contribution in [0.4, 0.5) is 0 Å². The van der Waals surface area contributed by atoms with E-state index in [1.165, 1.54) is 51.2 Å². The second-order valence-electron chi connectivity index (χ2n) is 8.26. The molecule has 3 saturated heterocycles. The van der Waals surface area contributed by atoms with E-state index in [4.69, 9.17) is 4.74 Å². The fourth-order valence-electron chi connectivity index (χ4n) is 4.51. The zero-order chi connectivity index (χ0) is 18.4. The van der Waals surface area contributed by atoms with Crippen molar-refractivity contribution in [2.24, 2.45) is 5.92 Å². The van der Waals surface area contributed by atoms with E-state index in [0.717, 1.165) is 31.3 Å². The number of amides is 1. The largest absolute Gasteiger partial charge is 0.378 e. The number of hydrogen-bond acceptors (Lipinski definition) is 5. The predicted molar refractivity (Wildman–Crippen MR) is 109 cm³/mol. The molecule has 0 aromatic heterocycles. The lowest BCUT2D eigenvalue weighted by molar-refractivity contribution is -0.142. The summed E-state index contributed by atoms with van der Waals surface area (Å²) in [4.78, 5) is 20.1. The van der Waals surface area contributed by atoms with Gasteiger partial charge in [0.2, 0.25) is 5.91 Å². The Bertz CT molecular complexity index is 435. The lowest BCUT2D eigenvalue weighted by Gasteiger charge is -2.43. The number of piperidine rings is 2. The molecule has 0 N–H and O–H groups in total. The molecule has 6 heteroatoms. The van der Waals surface area contributed by atoms with Crippen LogP contribution < -0.4 is 0 Å². The minimum atomic E-state index is 0.210. The molecule has 150 valence electrons. The van der Waals surface area contributed by atoms with Crippen LogP contribution in [-0.2, 0) is 9.53 Å². The Labute approximate surface area is 163 Å². The first-order valence-electron chi connectivity index (χ1n) is 10.6. The molecule has 0 aromatic rings. The van der Waals surface area contributed by atoms with Crippen LogP contribution >= 0.6 is 11.8 Å². The number of likely N-dealkylation sites (tertiary alicyclic amines) is 2. The molecule has 5 nitrogen and oxygen atoms in total. The molecule has 0 bridgehead atoms. The third-order valence-corrected chi connectivity index (χ3v) is 7.14. The SMILES string of the molecule is CC(C)SCCN1CCC(N2CCCC(C(=O)N3CCOCC3)C2)CC1. The second kappa shape index (κ2) is 10.3. The molecule has 0 saturated carbocycles. The van der Waals surface area contributed by atoms with E-state index in [-0.39, 0.29) is 5.92 Å². The van der Waals surface area contributed by atoms with Crippen molar-refractivity contribution in [3.05, 3.63) is 0 Å². The van der Waals surface area contributed by atoms with Gasteiger partial charge in [0.05, 0.1) is 19.1 Å². The number of rotatable bonds is 6. The van der Waals surface area contributed by atoms with Crippen LogP contribution in [0.3, 0.4) is 0 Å². The summed E-state index contributed by atoms with van der Waals surface area (Å²) in [5.74, 6) is 1.84. The number of carbonyl (C=O) groups is 1. The highest BCUT2D eigenvalue weighted by atomic mass is 32.2. The molecule has 3 aliphatic rings. The van der Waals surface area contributed by atoms with Crippen molar-refractivity contribution < 1.29 is 9.53 Å². The summed E-state index contributed by atoms with van der Waals surface area (Å²) in [6, 6.07) is 0.685. The summed E-state index contributed by atoms with van der Waals surface area (Å²) in [5, 5.41) is 0.738. The van der Waals surface area contributed by atoms with Crippen molar-refractivity contribution in [2.45, 2.75) is 50.8 Å². The Balaban J connectivity index is 1.41. The van der Waals surface area contributed by atoms with Crippen LogP contribution in [0.5, 0.6) is 0 Å². The molecule has 3 fully saturated rings. The quantitative estimate of drug-likeness (QED) is 0.702. The minimum Gasteiger partial charge on any atom is -0.378 e. The first-order chi connectivity index (χ1) is 12.6. The molecule has 3 rings (SSSR count). The Morgan fingerprint density at radius 3 is 2.50 bits per heavy atom. The van der Waals surface area contributed by atoms with Crippen molar-refractivity contribution in [2.75, 3.05) is 64.8 Å². The van der Waals surface area contributed by atoms with Gasteiger partial charge < -0.3 is 14.5 Å². The average molecular weight is 384 g/mol. The van der Waals surface area contributed by atoms with E-state index in [1.807, 2.05) is 4.90 Å². The van der Waals surface area contributed by atoms with Gasteiger partial charge in [0.25, 0.3) is 0 Å². The van der Waals surface area contributed by atoms with Gasteiger partial charge in [0.1, 0.15) is 0 Å². The van der Waals surface area contributed by atoms with Gasteiger partial charge >= 0.3 is 0 Å². The molecule has 0 spiro atoms. The van der Waals surface area contributed by atoms with Gasteiger partial charge in [-0.1, -0.05) is 13.8 Å². The fraction of sp³-hybridized carbons (Fsp3) is 0.950. The molecule has 1 atom stereocenters. The topological polar surface area (TPSA) is 36.0 Å². The molecule has 3 aliphatic heterocycles.